The molecule has 8 nitrogen and oxygen atoms in total. The molecule has 3 aromatic rings. The Morgan fingerprint density at radius 2 is 1.55 bits per heavy atom. The third kappa shape index (κ3) is 5.95. The number of primary amides is 1. The molecule has 0 spiro atoms. The molecule has 0 saturated heterocycles. The molecule has 2 atom stereocenters. The number of aryl methyl sites for hydroxylation is 1. The molecule has 0 radical (unpaired) electrons. The molecule has 0 aliphatic rings. The molecule has 1 unspecified atom stereocenters. The van der Waals surface area contributed by atoms with Gasteiger partial charge in [-0.05, 0) is 42.5 Å². The van der Waals surface area contributed by atoms with Gasteiger partial charge in [0.2, 0.25) is 21.8 Å². The maximum absolute atomic E-state index is 13.2. The van der Waals surface area contributed by atoms with Crippen LogP contribution in [0.5, 0.6) is 0 Å². The van der Waals surface area contributed by atoms with Crippen LogP contribution in [0.15, 0.2) is 71.6 Å². The normalized spacial score (nSPS) is 13.4. The fraction of sp³-hybridized carbons (Fsp3) is 0.250. The number of sulfonamides is 1. The second-order valence-electron chi connectivity index (χ2n) is 7.83. The van der Waals surface area contributed by atoms with Crippen LogP contribution in [0, 0.1) is 6.92 Å². The molecule has 0 aliphatic heterocycles. The third-order valence-electron chi connectivity index (χ3n) is 5.40. The molecule has 0 bridgehead atoms. The van der Waals surface area contributed by atoms with Crippen LogP contribution in [0.2, 0.25) is 0 Å². The summed E-state index contributed by atoms with van der Waals surface area (Å²) in [7, 11) is -4.07. The molecule has 3 aromatic carbocycles. The van der Waals surface area contributed by atoms with Gasteiger partial charge in [0.15, 0.2) is 0 Å². The highest BCUT2D eigenvalue weighted by Gasteiger charge is 2.29. The van der Waals surface area contributed by atoms with Gasteiger partial charge in [-0.15, -0.1) is 0 Å². The number of hydrogen-bond donors (Lipinski definition) is 4. The summed E-state index contributed by atoms with van der Waals surface area (Å²) in [6.45, 7) is 1.96. The van der Waals surface area contributed by atoms with Gasteiger partial charge in [-0.1, -0.05) is 60.7 Å². The predicted octanol–water partition coefficient (Wildman–Crippen LogP) is 1.36. The highest BCUT2D eigenvalue weighted by Crippen LogP contribution is 2.26. The third-order valence-corrected chi connectivity index (χ3v) is 6.93. The number of carbonyl (C=O) groups is 2. The van der Waals surface area contributed by atoms with Gasteiger partial charge in [-0.3, -0.25) is 9.59 Å². The van der Waals surface area contributed by atoms with E-state index in [9.17, 15) is 18.0 Å². The van der Waals surface area contributed by atoms with Gasteiger partial charge in [0.1, 0.15) is 12.1 Å². The monoisotopic (exact) mass is 468 g/mol. The number of amides is 2. The van der Waals surface area contributed by atoms with Crippen LogP contribution >= 0.6 is 0 Å². The zero-order valence-corrected chi connectivity index (χ0v) is 19.1. The van der Waals surface area contributed by atoms with Gasteiger partial charge in [-0.25, -0.2) is 8.42 Å². The Hall–Kier alpha value is -3.27. The number of rotatable bonds is 10. The maximum atomic E-state index is 13.2. The van der Waals surface area contributed by atoms with Gasteiger partial charge < -0.3 is 16.8 Å². The number of nitrogens with two attached hydrogens (primary N) is 2. The van der Waals surface area contributed by atoms with Crippen LogP contribution in [0.25, 0.3) is 10.8 Å². The number of hydrogen-bond acceptors (Lipinski definition) is 5. The SMILES string of the molecule is Cc1ccc(S(=O)(=O)NC(CCN)C(=O)N[C@@H](Cc2ccccc2)C(N)=O)c2ccccc12. The molecule has 0 saturated carbocycles. The Labute approximate surface area is 193 Å². The smallest absolute Gasteiger partial charge is 0.241 e. The minimum atomic E-state index is -4.07. The van der Waals surface area contributed by atoms with Crippen molar-refractivity contribution in [2.24, 2.45) is 11.5 Å². The van der Waals surface area contributed by atoms with Crippen molar-refractivity contribution in [3.63, 3.8) is 0 Å². The molecule has 3 rings (SSSR count). The zero-order valence-electron chi connectivity index (χ0n) is 18.3. The Morgan fingerprint density at radius 1 is 0.909 bits per heavy atom. The minimum absolute atomic E-state index is 0.0473. The van der Waals surface area contributed by atoms with E-state index in [0.717, 1.165) is 16.5 Å². The highest BCUT2D eigenvalue weighted by atomic mass is 32.2. The van der Waals surface area contributed by atoms with Crippen LogP contribution in [0.3, 0.4) is 0 Å². The van der Waals surface area contributed by atoms with Crippen molar-refractivity contribution in [2.45, 2.75) is 36.7 Å². The molecule has 0 aliphatic carbocycles. The predicted molar refractivity (Wildman–Crippen MR) is 128 cm³/mol. The minimum Gasteiger partial charge on any atom is -0.368 e. The standard InChI is InChI=1S/C24H28N4O4S/c1-16-11-12-22(19-10-6-5-9-18(16)19)33(31,32)28-20(13-14-25)24(30)27-21(23(26)29)15-17-7-3-2-4-8-17/h2-12,20-21,28H,13-15,25H2,1H3,(H2,26,29)(H,27,30)/t20?,21-/m0/s1. The molecule has 6 N–H and O–H groups in total. The summed E-state index contributed by atoms with van der Waals surface area (Å²) in [6.07, 6.45) is 0.234. The molecule has 33 heavy (non-hydrogen) atoms. The van der Waals surface area contributed by atoms with E-state index in [1.54, 1.807) is 18.2 Å². The first-order valence-electron chi connectivity index (χ1n) is 10.6. The zero-order chi connectivity index (χ0) is 24.0. The fourth-order valence-corrected chi connectivity index (χ4v) is 5.10. The second-order valence-corrected chi connectivity index (χ2v) is 9.51. The quantitative estimate of drug-likeness (QED) is 0.355. The Morgan fingerprint density at radius 3 is 2.18 bits per heavy atom. The number of benzene rings is 3. The Balaban J connectivity index is 1.84. The average molecular weight is 469 g/mol. The topological polar surface area (TPSA) is 144 Å². The van der Waals surface area contributed by atoms with E-state index in [4.69, 9.17) is 11.5 Å². The summed E-state index contributed by atoms with van der Waals surface area (Å²) < 4.78 is 28.9. The first-order chi connectivity index (χ1) is 15.7. The van der Waals surface area contributed by atoms with Crippen LogP contribution in [0.1, 0.15) is 17.5 Å². The number of carbonyl (C=O) groups excluding carboxylic acids is 2. The van der Waals surface area contributed by atoms with Gasteiger partial charge in [0.25, 0.3) is 0 Å². The molecule has 2 amide bonds. The lowest BCUT2D eigenvalue weighted by Crippen LogP contribution is -2.54. The average Bonchev–Trinajstić information content (AvgIpc) is 2.79. The Bertz CT molecular complexity index is 1250. The van der Waals surface area contributed by atoms with Gasteiger partial charge >= 0.3 is 0 Å². The van der Waals surface area contributed by atoms with E-state index in [0.29, 0.717) is 5.39 Å². The van der Waals surface area contributed by atoms with Crippen LogP contribution in [0.4, 0.5) is 0 Å². The molecule has 0 fully saturated rings. The summed E-state index contributed by atoms with van der Waals surface area (Å²) in [5.74, 6) is -1.38. The summed E-state index contributed by atoms with van der Waals surface area (Å²) in [5.41, 5.74) is 12.9. The number of fused-ring (bicyclic) bond motifs is 1. The Kier molecular flexibility index (Phi) is 7.80. The summed E-state index contributed by atoms with van der Waals surface area (Å²) in [6, 6.07) is 17.3. The van der Waals surface area contributed by atoms with Crippen molar-refractivity contribution >= 4 is 32.6 Å². The lowest BCUT2D eigenvalue weighted by Gasteiger charge is -2.22. The molecule has 0 heterocycles. The maximum Gasteiger partial charge on any atom is 0.241 e. The molecule has 0 aromatic heterocycles. The van der Waals surface area contributed by atoms with E-state index in [2.05, 4.69) is 10.0 Å². The van der Waals surface area contributed by atoms with Crippen molar-refractivity contribution in [1.29, 1.82) is 0 Å². The van der Waals surface area contributed by atoms with Crippen molar-refractivity contribution in [1.82, 2.24) is 10.0 Å². The van der Waals surface area contributed by atoms with E-state index >= 15 is 0 Å². The highest BCUT2D eigenvalue weighted by molar-refractivity contribution is 7.89. The summed E-state index contributed by atoms with van der Waals surface area (Å²) >= 11 is 0. The van der Waals surface area contributed by atoms with E-state index in [1.807, 2.05) is 49.4 Å². The first-order valence-corrected chi connectivity index (χ1v) is 12.1. The van der Waals surface area contributed by atoms with E-state index in [-0.39, 0.29) is 24.3 Å². The van der Waals surface area contributed by atoms with Crippen LogP contribution in [-0.2, 0) is 26.0 Å². The molecular weight excluding hydrogens is 440 g/mol. The molecule has 174 valence electrons. The van der Waals surface area contributed by atoms with Crippen molar-refractivity contribution in [2.75, 3.05) is 6.54 Å². The fourth-order valence-electron chi connectivity index (χ4n) is 3.66. The first kappa shape index (κ1) is 24.4. The van der Waals surface area contributed by atoms with Crippen LogP contribution in [-0.4, -0.2) is 38.9 Å². The second kappa shape index (κ2) is 10.6. The van der Waals surface area contributed by atoms with Crippen LogP contribution < -0.4 is 21.5 Å². The van der Waals surface area contributed by atoms with Crippen molar-refractivity contribution in [3.05, 3.63) is 77.9 Å². The van der Waals surface area contributed by atoms with E-state index in [1.165, 1.54) is 6.07 Å². The summed E-state index contributed by atoms with van der Waals surface area (Å²) in [5, 5.41) is 3.93. The lowest BCUT2D eigenvalue weighted by atomic mass is 10.0. The van der Waals surface area contributed by atoms with Gasteiger partial charge in [0.05, 0.1) is 4.90 Å². The molecule has 9 heteroatoms. The van der Waals surface area contributed by atoms with Crippen molar-refractivity contribution < 1.29 is 18.0 Å². The summed E-state index contributed by atoms with van der Waals surface area (Å²) in [4.78, 5) is 25.0. The van der Waals surface area contributed by atoms with Gasteiger partial charge in [0, 0.05) is 11.8 Å². The largest absolute Gasteiger partial charge is 0.368 e. The van der Waals surface area contributed by atoms with E-state index < -0.39 is 33.9 Å². The molecular formula is C24H28N4O4S. The van der Waals surface area contributed by atoms with Crippen molar-refractivity contribution in [3.8, 4) is 0 Å². The van der Waals surface area contributed by atoms with Gasteiger partial charge in [-0.2, -0.15) is 4.72 Å². The number of nitrogens with one attached hydrogen (secondary N) is 2. The lowest BCUT2D eigenvalue weighted by molar-refractivity contribution is -0.128.